The van der Waals surface area contributed by atoms with E-state index < -0.39 is 0 Å². The Labute approximate surface area is 153 Å². The number of hydrogen-bond acceptors (Lipinski definition) is 3. The van der Waals surface area contributed by atoms with E-state index in [1.54, 1.807) is 12.1 Å². The fourth-order valence-corrected chi connectivity index (χ4v) is 2.43. The van der Waals surface area contributed by atoms with Gasteiger partial charge in [-0.25, -0.2) is 0 Å². The smallest absolute Gasteiger partial charge is 0.262 e. The average molecular weight is 347 g/mol. The van der Waals surface area contributed by atoms with Gasteiger partial charge in [-0.15, -0.1) is 0 Å². The van der Waals surface area contributed by atoms with Crippen LogP contribution in [-0.4, -0.2) is 12.5 Å². The molecule has 0 unspecified atom stereocenters. The van der Waals surface area contributed by atoms with Crippen LogP contribution < -0.4 is 14.8 Å². The van der Waals surface area contributed by atoms with Gasteiger partial charge in [0, 0.05) is 5.69 Å². The summed E-state index contributed by atoms with van der Waals surface area (Å²) in [6.45, 7) is 2.05. The summed E-state index contributed by atoms with van der Waals surface area (Å²) in [5.41, 5.74) is 1.87. The highest BCUT2D eigenvalue weighted by Crippen LogP contribution is 2.22. The van der Waals surface area contributed by atoms with Gasteiger partial charge in [-0.2, -0.15) is 0 Å². The van der Waals surface area contributed by atoms with E-state index in [1.807, 2.05) is 66.7 Å². The maximum Gasteiger partial charge on any atom is 0.262 e. The van der Waals surface area contributed by atoms with Gasteiger partial charge < -0.3 is 14.8 Å². The summed E-state index contributed by atoms with van der Waals surface area (Å²) in [5, 5.41) is 2.81. The molecule has 0 fully saturated rings. The topological polar surface area (TPSA) is 47.6 Å². The molecule has 0 aromatic heterocycles. The predicted molar refractivity (Wildman–Crippen MR) is 103 cm³/mol. The van der Waals surface area contributed by atoms with Crippen LogP contribution in [0.4, 0.5) is 5.69 Å². The van der Waals surface area contributed by atoms with Crippen LogP contribution in [0.25, 0.3) is 0 Å². The van der Waals surface area contributed by atoms with E-state index in [9.17, 15) is 4.79 Å². The zero-order chi connectivity index (χ0) is 18.2. The molecule has 0 saturated carbocycles. The van der Waals surface area contributed by atoms with Gasteiger partial charge in [0.25, 0.3) is 5.91 Å². The normalized spacial score (nSPS) is 10.2. The summed E-state index contributed by atoms with van der Waals surface area (Å²) in [4.78, 5) is 12.0. The van der Waals surface area contributed by atoms with Gasteiger partial charge in [0.15, 0.2) is 6.61 Å². The second-order valence-corrected chi connectivity index (χ2v) is 5.78. The maximum atomic E-state index is 12.0. The first-order chi connectivity index (χ1) is 12.7. The lowest BCUT2D eigenvalue weighted by molar-refractivity contribution is -0.118. The Morgan fingerprint density at radius 2 is 1.54 bits per heavy atom. The molecule has 0 aliphatic carbocycles. The molecule has 0 atom stereocenters. The van der Waals surface area contributed by atoms with Gasteiger partial charge in [-0.05, 0) is 60.5 Å². The van der Waals surface area contributed by atoms with Gasteiger partial charge in [0.05, 0.1) is 0 Å². The number of carbonyl (C=O) groups is 1. The second-order valence-electron chi connectivity index (χ2n) is 5.78. The molecule has 3 rings (SSSR count). The third-order valence-electron chi connectivity index (χ3n) is 3.79. The van der Waals surface area contributed by atoms with E-state index in [2.05, 4.69) is 12.2 Å². The average Bonchev–Trinajstić information content (AvgIpc) is 2.69. The van der Waals surface area contributed by atoms with Crippen molar-refractivity contribution in [1.82, 2.24) is 0 Å². The van der Waals surface area contributed by atoms with Crippen LogP contribution in [0, 0.1) is 0 Å². The van der Waals surface area contributed by atoms with Crippen LogP contribution in [0.2, 0.25) is 0 Å². The summed E-state index contributed by atoms with van der Waals surface area (Å²) in [5.74, 6) is 1.98. The van der Waals surface area contributed by atoms with Gasteiger partial charge in [-0.3, -0.25) is 4.79 Å². The van der Waals surface area contributed by atoms with Crippen molar-refractivity contribution in [2.75, 3.05) is 11.9 Å². The van der Waals surface area contributed by atoms with E-state index in [1.165, 1.54) is 5.56 Å². The fraction of sp³-hybridized carbons (Fsp3) is 0.136. The van der Waals surface area contributed by atoms with Crippen molar-refractivity contribution < 1.29 is 14.3 Å². The summed E-state index contributed by atoms with van der Waals surface area (Å²) >= 11 is 0. The molecule has 0 radical (unpaired) electrons. The monoisotopic (exact) mass is 347 g/mol. The van der Waals surface area contributed by atoms with Gasteiger partial charge >= 0.3 is 0 Å². The number of rotatable bonds is 7. The Morgan fingerprint density at radius 1 is 0.846 bits per heavy atom. The van der Waals surface area contributed by atoms with Crippen molar-refractivity contribution in [2.24, 2.45) is 0 Å². The fourth-order valence-electron chi connectivity index (χ4n) is 2.43. The van der Waals surface area contributed by atoms with E-state index in [-0.39, 0.29) is 12.5 Å². The lowest BCUT2D eigenvalue weighted by Gasteiger charge is -2.09. The van der Waals surface area contributed by atoms with Crippen molar-refractivity contribution >= 4 is 11.6 Å². The van der Waals surface area contributed by atoms with Crippen molar-refractivity contribution in [3.8, 4) is 17.2 Å². The van der Waals surface area contributed by atoms with Gasteiger partial charge in [0.1, 0.15) is 17.2 Å². The Bertz CT molecular complexity index is 845. The maximum absolute atomic E-state index is 12.0. The van der Waals surface area contributed by atoms with Crippen LogP contribution >= 0.6 is 0 Å². The van der Waals surface area contributed by atoms with E-state index >= 15 is 0 Å². The highest BCUT2D eigenvalue weighted by atomic mass is 16.5. The van der Waals surface area contributed by atoms with Crippen LogP contribution in [-0.2, 0) is 11.2 Å². The molecule has 4 nitrogen and oxygen atoms in total. The molecule has 0 bridgehead atoms. The SMILES string of the molecule is CCc1cccc(OCC(=O)Nc2ccc(Oc3ccccc3)cc2)c1. The van der Waals surface area contributed by atoms with Crippen molar-refractivity contribution in [3.05, 3.63) is 84.4 Å². The molecule has 26 heavy (non-hydrogen) atoms. The summed E-state index contributed by atoms with van der Waals surface area (Å²) in [6, 6.07) is 24.5. The number of hydrogen-bond donors (Lipinski definition) is 1. The molecule has 0 heterocycles. The molecule has 1 amide bonds. The number of para-hydroxylation sites is 1. The number of nitrogens with one attached hydrogen (secondary N) is 1. The van der Waals surface area contributed by atoms with Gasteiger partial charge in [-0.1, -0.05) is 37.3 Å². The molecule has 0 aliphatic rings. The molecular formula is C22H21NO3. The molecule has 3 aromatic carbocycles. The zero-order valence-electron chi connectivity index (χ0n) is 14.6. The first-order valence-corrected chi connectivity index (χ1v) is 8.57. The van der Waals surface area contributed by atoms with Gasteiger partial charge in [0.2, 0.25) is 0 Å². The molecule has 1 N–H and O–H groups in total. The third-order valence-corrected chi connectivity index (χ3v) is 3.79. The molecule has 0 spiro atoms. The second kappa shape index (κ2) is 8.72. The minimum absolute atomic E-state index is 0.0323. The minimum atomic E-state index is -0.205. The number of anilines is 1. The number of ether oxygens (including phenoxy) is 2. The summed E-state index contributed by atoms with van der Waals surface area (Å²) < 4.78 is 11.3. The van der Waals surface area contributed by atoms with Crippen LogP contribution in [0.3, 0.4) is 0 Å². The minimum Gasteiger partial charge on any atom is -0.484 e. The number of amides is 1. The third kappa shape index (κ3) is 5.11. The summed E-state index contributed by atoms with van der Waals surface area (Å²) in [7, 11) is 0. The summed E-state index contributed by atoms with van der Waals surface area (Å²) in [6.07, 6.45) is 0.931. The van der Waals surface area contributed by atoms with Crippen molar-refractivity contribution in [1.29, 1.82) is 0 Å². The zero-order valence-corrected chi connectivity index (χ0v) is 14.6. The lowest BCUT2D eigenvalue weighted by atomic mass is 10.2. The Balaban J connectivity index is 1.51. The van der Waals surface area contributed by atoms with Crippen LogP contribution in [0.1, 0.15) is 12.5 Å². The van der Waals surface area contributed by atoms with Crippen molar-refractivity contribution in [2.45, 2.75) is 13.3 Å². The van der Waals surface area contributed by atoms with E-state index in [0.717, 1.165) is 12.2 Å². The van der Waals surface area contributed by atoms with Crippen LogP contribution in [0.5, 0.6) is 17.2 Å². The highest BCUT2D eigenvalue weighted by molar-refractivity contribution is 5.91. The standard InChI is InChI=1S/C22H21NO3/c1-2-17-7-6-10-21(15-17)25-16-22(24)23-18-11-13-20(14-12-18)26-19-8-4-3-5-9-19/h3-15H,2,16H2,1H3,(H,23,24). The first-order valence-electron chi connectivity index (χ1n) is 8.57. The number of benzene rings is 3. The molecule has 132 valence electrons. The Kier molecular flexibility index (Phi) is 5.88. The van der Waals surface area contributed by atoms with E-state index in [0.29, 0.717) is 17.2 Å². The van der Waals surface area contributed by atoms with E-state index in [4.69, 9.17) is 9.47 Å². The Hall–Kier alpha value is -3.27. The number of aryl methyl sites for hydroxylation is 1. The molecule has 3 aromatic rings. The van der Waals surface area contributed by atoms with Crippen LogP contribution in [0.15, 0.2) is 78.9 Å². The number of carbonyl (C=O) groups excluding carboxylic acids is 1. The Morgan fingerprint density at radius 3 is 2.27 bits per heavy atom. The quantitative estimate of drug-likeness (QED) is 0.650. The predicted octanol–water partition coefficient (Wildman–Crippen LogP) is 5.06. The molecule has 0 saturated heterocycles. The van der Waals surface area contributed by atoms with Crippen molar-refractivity contribution in [3.63, 3.8) is 0 Å². The lowest BCUT2D eigenvalue weighted by Crippen LogP contribution is -2.20. The molecule has 0 aliphatic heterocycles. The highest BCUT2D eigenvalue weighted by Gasteiger charge is 2.05. The first kappa shape index (κ1) is 17.5. The largest absolute Gasteiger partial charge is 0.484 e. The molecule has 4 heteroatoms. The molecular weight excluding hydrogens is 326 g/mol.